The Labute approximate surface area is 119 Å². The van der Waals surface area contributed by atoms with Gasteiger partial charge in [-0.25, -0.2) is 0 Å². The Kier molecular flexibility index (Phi) is 3.92. The monoisotopic (exact) mass is 274 g/mol. The van der Waals surface area contributed by atoms with Crippen molar-refractivity contribution in [1.82, 2.24) is 10.2 Å². The van der Waals surface area contributed by atoms with Gasteiger partial charge in [-0.1, -0.05) is 12.1 Å². The van der Waals surface area contributed by atoms with Crippen molar-refractivity contribution >= 4 is 5.91 Å². The van der Waals surface area contributed by atoms with E-state index in [-0.39, 0.29) is 11.7 Å². The van der Waals surface area contributed by atoms with Crippen LogP contribution in [0.2, 0.25) is 0 Å². The molecule has 2 aliphatic rings. The van der Waals surface area contributed by atoms with Gasteiger partial charge in [0.15, 0.2) is 0 Å². The Bertz CT molecular complexity index is 489. The van der Waals surface area contributed by atoms with Crippen LogP contribution < -0.4 is 5.32 Å². The third-order valence-electron chi connectivity index (χ3n) is 4.46. The van der Waals surface area contributed by atoms with Gasteiger partial charge in [0.05, 0.1) is 6.42 Å². The van der Waals surface area contributed by atoms with Gasteiger partial charge in [0.25, 0.3) is 0 Å². The predicted octanol–water partition coefficient (Wildman–Crippen LogP) is 1.68. The third-order valence-corrected chi connectivity index (χ3v) is 4.46. The molecule has 0 saturated carbocycles. The zero-order chi connectivity index (χ0) is 13.9. The average molecular weight is 274 g/mol. The fourth-order valence-electron chi connectivity index (χ4n) is 3.49. The lowest BCUT2D eigenvalue weighted by Gasteiger charge is -2.35. The molecule has 1 amide bonds. The maximum atomic E-state index is 12.1. The first-order valence-electron chi connectivity index (χ1n) is 7.52. The van der Waals surface area contributed by atoms with Crippen LogP contribution in [0.25, 0.3) is 0 Å². The van der Waals surface area contributed by atoms with Gasteiger partial charge in [0.2, 0.25) is 5.91 Å². The Morgan fingerprint density at radius 3 is 3.10 bits per heavy atom. The number of rotatable bonds is 3. The Balaban J connectivity index is 1.51. The Morgan fingerprint density at radius 2 is 2.25 bits per heavy atom. The number of carbonyl (C=O) groups is 1. The number of amides is 1. The molecule has 0 aromatic heterocycles. The van der Waals surface area contributed by atoms with Crippen LogP contribution in [-0.4, -0.2) is 41.1 Å². The molecule has 20 heavy (non-hydrogen) atoms. The van der Waals surface area contributed by atoms with Gasteiger partial charge in [0.1, 0.15) is 5.75 Å². The Hall–Kier alpha value is -1.55. The molecule has 1 aromatic carbocycles. The summed E-state index contributed by atoms with van der Waals surface area (Å²) in [5.74, 6) is 0.279. The maximum Gasteiger partial charge on any atom is 0.224 e. The second-order valence-corrected chi connectivity index (χ2v) is 5.97. The standard InChI is InChI=1S/C16H22N2O2/c19-15-5-1-3-12(9-15)10-16(20)17-13-6-8-18-7-2-4-14(18)11-13/h1,3,5,9,13-14,19H,2,4,6-8,10-11H2,(H,17,20). The van der Waals surface area contributed by atoms with Crippen LogP contribution in [0.1, 0.15) is 31.2 Å². The second-order valence-electron chi connectivity index (χ2n) is 5.97. The highest BCUT2D eigenvalue weighted by atomic mass is 16.3. The number of benzene rings is 1. The van der Waals surface area contributed by atoms with Crippen LogP contribution in [0.4, 0.5) is 0 Å². The van der Waals surface area contributed by atoms with E-state index in [0.29, 0.717) is 18.5 Å². The average Bonchev–Trinajstić information content (AvgIpc) is 2.86. The highest BCUT2D eigenvalue weighted by Crippen LogP contribution is 2.26. The summed E-state index contributed by atoms with van der Waals surface area (Å²) >= 11 is 0. The van der Waals surface area contributed by atoms with Crippen molar-refractivity contribution < 1.29 is 9.90 Å². The van der Waals surface area contributed by atoms with Gasteiger partial charge < -0.3 is 15.3 Å². The number of phenolic OH excluding ortho intramolecular Hbond substituents is 1. The first kappa shape index (κ1) is 13.4. The van der Waals surface area contributed by atoms with E-state index < -0.39 is 0 Å². The molecule has 0 spiro atoms. The molecule has 2 fully saturated rings. The van der Waals surface area contributed by atoms with Crippen molar-refractivity contribution in [2.45, 2.75) is 44.2 Å². The van der Waals surface area contributed by atoms with Gasteiger partial charge in [0, 0.05) is 18.6 Å². The topological polar surface area (TPSA) is 52.6 Å². The molecule has 2 saturated heterocycles. The minimum atomic E-state index is 0.0621. The zero-order valence-electron chi connectivity index (χ0n) is 11.7. The van der Waals surface area contributed by atoms with E-state index in [1.54, 1.807) is 18.2 Å². The smallest absolute Gasteiger partial charge is 0.224 e. The molecule has 108 valence electrons. The summed E-state index contributed by atoms with van der Waals surface area (Å²) in [6.45, 7) is 2.34. The molecule has 4 heteroatoms. The summed E-state index contributed by atoms with van der Waals surface area (Å²) in [5, 5.41) is 12.6. The van der Waals surface area contributed by atoms with Crippen LogP contribution in [0.15, 0.2) is 24.3 Å². The summed E-state index contributed by atoms with van der Waals surface area (Å²) in [6, 6.07) is 7.92. The van der Waals surface area contributed by atoms with Crippen molar-refractivity contribution in [3.05, 3.63) is 29.8 Å². The molecule has 2 atom stereocenters. The third kappa shape index (κ3) is 3.12. The Morgan fingerprint density at radius 1 is 1.35 bits per heavy atom. The molecule has 0 aliphatic carbocycles. The van der Waals surface area contributed by atoms with Crippen molar-refractivity contribution in [2.75, 3.05) is 13.1 Å². The van der Waals surface area contributed by atoms with Crippen LogP contribution in [0.3, 0.4) is 0 Å². The van der Waals surface area contributed by atoms with Crippen molar-refractivity contribution in [1.29, 1.82) is 0 Å². The predicted molar refractivity (Wildman–Crippen MR) is 77.6 cm³/mol. The van der Waals surface area contributed by atoms with E-state index >= 15 is 0 Å². The molecule has 2 heterocycles. The highest BCUT2D eigenvalue weighted by molar-refractivity contribution is 5.79. The fraction of sp³-hybridized carbons (Fsp3) is 0.562. The van der Waals surface area contributed by atoms with Crippen molar-refractivity contribution in [2.24, 2.45) is 0 Å². The van der Waals surface area contributed by atoms with Crippen molar-refractivity contribution in [3.63, 3.8) is 0 Å². The van der Waals surface area contributed by atoms with Gasteiger partial charge >= 0.3 is 0 Å². The minimum absolute atomic E-state index is 0.0621. The summed E-state index contributed by atoms with van der Waals surface area (Å²) in [4.78, 5) is 14.6. The number of piperidine rings is 1. The molecule has 2 N–H and O–H groups in total. The highest BCUT2D eigenvalue weighted by Gasteiger charge is 2.32. The van der Waals surface area contributed by atoms with Crippen molar-refractivity contribution in [3.8, 4) is 5.75 Å². The first-order valence-corrected chi connectivity index (χ1v) is 7.52. The molecule has 3 rings (SSSR count). The second kappa shape index (κ2) is 5.83. The van der Waals surface area contributed by atoms with E-state index in [2.05, 4.69) is 10.2 Å². The molecule has 2 unspecified atom stereocenters. The quantitative estimate of drug-likeness (QED) is 0.881. The first-order chi connectivity index (χ1) is 9.70. The molecule has 0 radical (unpaired) electrons. The van der Waals surface area contributed by atoms with Crippen LogP contribution in [0, 0.1) is 0 Å². The molecule has 0 bridgehead atoms. The summed E-state index contributed by atoms with van der Waals surface area (Å²) in [6.07, 6.45) is 5.07. The lowest BCUT2D eigenvalue weighted by molar-refractivity contribution is -0.121. The van der Waals surface area contributed by atoms with Gasteiger partial charge in [-0.05, 0) is 49.9 Å². The van der Waals surface area contributed by atoms with E-state index in [0.717, 1.165) is 24.9 Å². The lowest BCUT2D eigenvalue weighted by atomic mass is 9.97. The van der Waals surface area contributed by atoms with E-state index in [1.807, 2.05) is 6.07 Å². The fourth-order valence-corrected chi connectivity index (χ4v) is 3.49. The molecule has 2 aliphatic heterocycles. The van der Waals surface area contributed by atoms with Gasteiger partial charge in [-0.3, -0.25) is 4.79 Å². The van der Waals surface area contributed by atoms with E-state index in [1.165, 1.54) is 19.4 Å². The molecule has 1 aromatic rings. The van der Waals surface area contributed by atoms with E-state index in [9.17, 15) is 9.90 Å². The van der Waals surface area contributed by atoms with Crippen LogP contribution in [-0.2, 0) is 11.2 Å². The summed E-state index contributed by atoms with van der Waals surface area (Å²) in [5.41, 5.74) is 0.862. The minimum Gasteiger partial charge on any atom is -0.508 e. The molecular weight excluding hydrogens is 252 g/mol. The zero-order valence-corrected chi connectivity index (χ0v) is 11.7. The molecule has 4 nitrogen and oxygen atoms in total. The number of carbonyl (C=O) groups excluding carboxylic acids is 1. The maximum absolute atomic E-state index is 12.1. The largest absolute Gasteiger partial charge is 0.508 e. The van der Waals surface area contributed by atoms with E-state index in [4.69, 9.17) is 0 Å². The lowest BCUT2D eigenvalue weighted by Crippen LogP contribution is -2.47. The number of hydrogen-bond acceptors (Lipinski definition) is 3. The number of nitrogens with zero attached hydrogens (tertiary/aromatic N) is 1. The molecular formula is C16H22N2O2. The number of phenols is 1. The number of aromatic hydroxyl groups is 1. The normalized spacial score (nSPS) is 26.2. The number of fused-ring (bicyclic) bond motifs is 1. The SMILES string of the molecule is O=C(Cc1cccc(O)c1)NC1CCN2CCCC2C1. The van der Waals surface area contributed by atoms with Gasteiger partial charge in [-0.15, -0.1) is 0 Å². The van der Waals surface area contributed by atoms with Crippen LogP contribution in [0.5, 0.6) is 5.75 Å². The van der Waals surface area contributed by atoms with Gasteiger partial charge in [-0.2, -0.15) is 0 Å². The number of nitrogens with one attached hydrogen (secondary N) is 1. The number of hydrogen-bond donors (Lipinski definition) is 2. The summed E-state index contributed by atoms with van der Waals surface area (Å²) < 4.78 is 0. The van der Waals surface area contributed by atoms with Crippen LogP contribution >= 0.6 is 0 Å². The summed E-state index contributed by atoms with van der Waals surface area (Å²) in [7, 11) is 0.